The van der Waals surface area contributed by atoms with Crippen molar-refractivity contribution in [2.75, 3.05) is 26.7 Å². The normalized spacial score (nSPS) is 17.7. The minimum Gasteiger partial charge on any atom is -0.492 e. The summed E-state index contributed by atoms with van der Waals surface area (Å²) in [5.41, 5.74) is 1.14. The maximum atomic E-state index is 12.1. The fourth-order valence-electron chi connectivity index (χ4n) is 2.21. The van der Waals surface area contributed by atoms with Gasteiger partial charge in [-0.3, -0.25) is 9.59 Å². The molecule has 1 aromatic carbocycles. The van der Waals surface area contributed by atoms with Gasteiger partial charge in [-0.25, -0.2) is 0 Å². The third-order valence-corrected chi connectivity index (χ3v) is 3.39. The first-order valence-corrected chi connectivity index (χ1v) is 6.77. The highest BCUT2D eigenvalue weighted by atomic mass is 16.5. The number of ether oxygens (including phenoxy) is 1. The van der Waals surface area contributed by atoms with Crippen LogP contribution in [0.1, 0.15) is 12.0 Å². The molecule has 2 rings (SSSR count). The number of nitrogens with one attached hydrogen (secondary N) is 1. The van der Waals surface area contributed by atoms with Crippen LogP contribution in [0.2, 0.25) is 0 Å². The van der Waals surface area contributed by atoms with E-state index >= 15 is 0 Å². The van der Waals surface area contributed by atoms with Crippen LogP contribution >= 0.6 is 0 Å². The molecule has 1 aliphatic heterocycles. The van der Waals surface area contributed by atoms with Crippen LogP contribution in [0.3, 0.4) is 0 Å². The number of amides is 2. The number of carbonyl (C=O) groups is 2. The zero-order chi connectivity index (χ0) is 14.5. The minimum atomic E-state index is -0.230. The van der Waals surface area contributed by atoms with Crippen molar-refractivity contribution in [2.45, 2.75) is 13.3 Å². The maximum Gasteiger partial charge on any atom is 0.227 e. The summed E-state index contributed by atoms with van der Waals surface area (Å²) in [6.45, 7) is 3.41. The molecule has 1 heterocycles. The molecular formula is C15H20N2O3. The molecule has 5 nitrogen and oxygen atoms in total. The van der Waals surface area contributed by atoms with Crippen molar-refractivity contribution < 1.29 is 14.3 Å². The second-order valence-corrected chi connectivity index (χ2v) is 5.13. The van der Waals surface area contributed by atoms with Gasteiger partial charge in [-0.05, 0) is 24.6 Å². The van der Waals surface area contributed by atoms with Crippen molar-refractivity contribution in [3.8, 4) is 5.75 Å². The second kappa shape index (κ2) is 6.41. The zero-order valence-electron chi connectivity index (χ0n) is 11.9. The van der Waals surface area contributed by atoms with E-state index in [4.69, 9.17) is 4.74 Å². The minimum absolute atomic E-state index is 0.00353. The van der Waals surface area contributed by atoms with Crippen molar-refractivity contribution in [1.29, 1.82) is 0 Å². The Bertz CT molecular complexity index is 502. The van der Waals surface area contributed by atoms with Gasteiger partial charge in [-0.15, -0.1) is 0 Å². The molecule has 108 valence electrons. The molecule has 1 unspecified atom stereocenters. The first-order valence-electron chi connectivity index (χ1n) is 6.77. The molecule has 20 heavy (non-hydrogen) atoms. The molecule has 0 saturated carbocycles. The lowest BCUT2D eigenvalue weighted by molar-refractivity contribution is -0.134. The van der Waals surface area contributed by atoms with Crippen LogP contribution < -0.4 is 10.1 Å². The number of likely N-dealkylation sites (N-methyl/N-ethyl adjacent to an activating group) is 1. The summed E-state index contributed by atoms with van der Waals surface area (Å²) in [5.74, 6) is 0.527. The van der Waals surface area contributed by atoms with Crippen molar-refractivity contribution in [3.63, 3.8) is 0 Å². The lowest BCUT2D eigenvalue weighted by Crippen LogP contribution is -2.36. The standard InChI is InChI=1S/C15H20N2O3/c1-11-4-3-5-13(8-11)20-7-6-17(2)15(19)12-9-14(18)16-10-12/h3-5,8,12H,6-7,9-10H2,1-2H3,(H,16,18). The summed E-state index contributed by atoms with van der Waals surface area (Å²) in [7, 11) is 1.74. The van der Waals surface area contributed by atoms with Gasteiger partial charge in [0, 0.05) is 20.0 Å². The van der Waals surface area contributed by atoms with E-state index < -0.39 is 0 Å². The molecule has 0 aliphatic carbocycles. The van der Waals surface area contributed by atoms with E-state index in [-0.39, 0.29) is 17.7 Å². The maximum absolute atomic E-state index is 12.1. The fraction of sp³-hybridized carbons (Fsp3) is 0.467. The Morgan fingerprint density at radius 1 is 1.50 bits per heavy atom. The average Bonchev–Trinajstić information content (AvgIpc) is 2.84. The van der Waals surface area contributed by atoms with Crippen molar-refractivity contribution in [1.82, 2.24) is 10.2 Å². The van der Waals surface area contributed by atoms with Gasteiger partial charge in [-0.2, -0.15) is 0 Å². The average molecular weight is 276 g/mol. The van der Waals surface area contributed by atoms with E-state index in [9.17, 15) is 9.59 Å². The van der Waals surface area contributed by atoms with Crippen LogP contribution in [0.5, 0.6) is 5.75 Å². The van der Waals surface area contributed by atoms with Crippen LogP contribution in [0.15, 0.2) is 24.3 Å². The Balaban J connectivity index is 1.76. The fourth-order valence-corrected chi connectivity index (χ4v) is 2.21. The molecular weight excluding hydrogens is 256 g/mol. The van der Waals surface area contributed by atoms with Crippen LogP contribution in [-0.4, -0.2) is 43.5 Å². The summed E-state index contributed by atoms with van der Waals surface area (Å²) in [6, 6.07) is 7.80. The van der Waals surface area contributed by atoms with Crippen molar-refractivity contribution >= 4 is 11.8 Å². The molecule has 5 heteroatoms. The Hall–Kier alpha value is -2.04. The summed E-state index contributed by atoms with van der Waals surface area (Å²) in [6.07, 6.45) is 0.294. The Morgan fingerprint density at radius 2 is 2.30 bits per heavy atom. The van der Waals surface area contributed by atoms with Crippen molar-refractivity contribution in [3.05, 3.63) is 29.8 Å². The lowest BCUT2D eigenvalue weighted by Gasteiger charge is -2.20. The molecule has 1 N–H and O–H groups in total. The Labute approximate surface area is 118 Å². The molecule has 1 atom stereocenters. The number of aryl methyl sites for hydroxylation is 1. The van der Waals surface area contributed by atoms with Gasteiger partial charge in [0.25, 0.3) is 0 Å². The quantitative estimate of drug-likeness (QED) is 0.871. The van der Waals surface area contributed by atoms with E-state index in [2.05, 4.69) is 5.32 Å². The van der Waals surface area contributed by atoms with E-state index in [0.717, 1.165) is 11.3 Å². The highest BCUT2D eigenvalue weighted by Gasteiger charge is 2.29. The molecule has 1 aliphatic rings. The lowest BCUT2D eigenvalue weighted by atomic mass is 10.1. The topological polar surface area (TPSA) is 58.6 Å². The highest BCUT2D eigenvalue weighted by molar-refractivity contribution is 5.89. The summed E-state index contributed by atoms with van der Waals surface area (Å²) >= 11 is 0. The molecule has 1 fully saturated rings. The summed E-state index contributed by atoms with van der Waals surface area (Å²) in [5, 5.41) is 2.68. The van der Waals surface area contributed by atoms with Crippen LogP contribution in [-0.2, 0) is 9.59 Å². The number of nitrogens with zero attached hydrogens (tertiary/aromatic N) is 1. The predicted octanol–water partition coefficient (Wildman–Crippen LogP) is 0.968. The van der Waals surface area contributed by atoms with E-state index in [1.165, 1.54) is 0 Å². The van der Waals surface area contributed by atoms with Gasteiger partial charge < -0.3 is 15.0 Å². The van der Waals surface area contributed by atoms with Crippen LogP contribution in [0.4, 0.5) is 0 Å². The van der Waals surface area contributed by atoms with E-state index in [0.29, 0.717) is 26.1 Å². The largest absolute Gasteiger partial charge is 0.492 e. The number of hydrogen-bond donors (Lipinski definition) is 1. The SMILES string of the molecule is Cc1cccc(OCCN(C)C(=O)C2CNC(=O)C2)c1. The number of rotatable bonds is 5. The molecule has 0 radical (unpaired) electrons. The third-order valence-electron chi connectivity index (χ3n) is 3.39. The Kier molecular flexibility index (Phi) is 4.61. The monoisotopic (exact) mass is 276 g/mol. The van der Waals surface area contributed by atoms with Gasteiger partial charge in [0.2, 0.25) is 11.8 Å². The number of hydrogen-bond acceptors (Lipinski definition) is 3. The highest BCUT2D eigenvalue weighted by Crippen LogP contribution is 2.13. The third kappa shape index (κ3) is 3.73. The molecule has 0 aromatic heterocycles. The number of carbonyl (C=O) groups excluding carboxylic acids is 2. The van der Waals surface area contributed by atoms with Gasteiger partial charge in [0.1, 0.15) is 12.4 Å². The van der Waals surface area contributed by atoms with Gasteiger partial charge in [0.05, 0.1) is 12.5 Å². The predicted molar refractivity (Wildman–Crippen MR) is 75.4 cm³/mol. The number of benzene rings is 1. The summed E-state index contributed by atoms with van der Waals surface area (Å²) in [4.78, 5) is 24.8. The van der Waals surface area contributed by atoms with Crippen LogP contribution in [0.25, 0.3) is 0 Å². The first-order chi connectivity index (χ1) is 9.56. The van der Waals surface area contributed by atoms with E-state index in [1.807, 2.05) is 31.2 Å². The van der Waals surface area contributed by atoms with Crippen molar-refractivity contribution in [2.24, 2.45) is 5.92 Å². The van der Waals surface area contributed by atoms with Gasteiger partial charge in [0.15, 0.2) is 0 Å². The molecule has 2 amide bonds. The first kappa shape index (κ1) is 14.4. The van der Waals surface area contributed by atoms with E-state index in [1.54, 1.807) is 11.9 Å². The Morgan fingerprint density at radius 3 is 2.95 bits per heavy atom. The molecule has 1 aromatic rings. The molecule has 0 bridgehead atoms. The van der Waals surface area contributed by atoms with Gasteiger partial charge in [-0.1, -0.05) is 12.1 Å². The second-order valence-electron chi connectivity index (χ2n) is 5.13. The molecule has 0 spiro atoms. The zero-order valence-corrected chi connectivity index (χ0v) is 11.9. The van der Waals surface area contributed by atoms with Crippen LogP contribution in [0, 0.1) is 12.8 Å². The molecule has 1 saturated heterocycles. The summed E-state index contributed by atoms with van der Waals surface area (Å²) < 4.78 is 5.61. The van der Waals surface area contributed by atoms with Gasteiger partial charge >= 0.3 is 0 Å². The smallest absolute Gasteiger partial charge is 0.227 e.